The third-order valence-electron chi connectivity index (χ3n) is 6.00. The van der Waals surface area contributed by atoms with E-state index in [9.17, 15) is 14.0 Å². The van der Waals surface area contributed by atoms with Crippen LogP contribution in [0.15, 0.2) is 78.9 Å². The van der Waals surface area contributed by atoms with Crippen LogP contribution in [0.5, 0.6) is 5.75 Å². The standard InChI is InChI=1S/C30H35FN2O3/c1-4-18-32-30(35)28(19-23-8-6-5-7-9-23)33(20-24-10-14-26(31)15-11-24)29(34)21-36-27-16-12-25(13-17-27)22(2)3/h5-17,22,28H,4,18-21H2,1-3H3,(H,32,35). The number of hydrogen-bond acceptors (Lipinski definition) is 3. The van der Waals surface area contributed by atoms with E-state index in [1.54, 1.807) is 12.1 Å². The van der Waals surface area contributed by atoms with E-state index >= 15 is 0 Å². The maximum atomic E-state index is 13.5. The summed E-state index contributed by atoms with van der Waals surface area (Å²) in [6.45, 7) is 6.67. The van der Waals surface area contributed by atoms with Crippen molar-refractivity contribution in [2.45, 2.75) is 52.1 Å². The number of rotatable bonds is 12. The van der Waals surface area contributed by atoms with Crippen LogP contribution in [0, 0.1) is 5.82 Å². The molecule has 5 nitrogen and oxygen atoms in total. The summed E-state index contributed by atoms with van der Waals surface area (Å²) in [6.07, 6.45) is 1.14. The van der Waals surface area contributed by atoms with Gasteiger partial charge in [0.25, 0.3) is 5.91 Å². The van der Waals surface area contributed by atoms with Gasteiger partial charge in [0.05, 0.1) is 0 Å². The van der Waals surface area contributed by atoms with Crippen LogP contribution in [0.25, 0.3) is 0 Å². The molecule has 0 aliphatic heterocycles. The van der Waals surface area contributed by atoms with Gasteiger partial charge in [0.15, 0.2) is 6.61 Å². The summed E-state index contributed by atoms with van der Waals surface area (Å²) < 4.78 is 19.3. The highest BCUT2D eigenvalue weighted by Gasteiger charge is 2.30. The van der Waals surface area contributed by atoms with E-state index in [0.29, 0.717) is 24.6 Å². The van der Waals surface area contributed by atoms with Crippen molar-refractivity contribution in [1.82, 2.24) is 10.2 Å². The van der Waals surface area contributed by atoms with Crippen molar-refractivity contribution in [3.8, 4) is 5.75 Å². The first kappa shape index (κ1) is 26.9. The maximum Gasteiger partial charge on any atom is 0.261 e. The molecule has 36 heavy (non-hydrogen) atoms. The van der Waals surface area contributed by atoms with Crippen LogP contribution < -0.4 is 10.1 Å². The zero-order valence-corrected chi connectivity index (χ0v) is 21.2. The Labute approximate surface area is 213 Å². The minimum absolute atomic E-state index is 0.159. The molecule has 0 aromatic heterocycles. The molecule has 0 bridgehead atoms. The lowest BCUT2D eigenvalue weighted by atomic mass is 10.0. The number of benzene rings is 3. The largest absolute Gasteiger partial charge is 0.484 e. The monoisotopic (exact) mass is 490 g/mol. The summed E-state index contributed by atoms with van der Waals surface area (Å²) in [5, 5.41) is 2.94. The fourth-order valence-electron chi connectivity index (χ4n) is 3.88. The van der Waals surface area contributed by atoms with Crippen LogP contribution in [0.1, 0.15) is 49.8 Å². The minimum Gasteiger partial charge on any atom is -0.484 e. The van der Waals surface area contributed by atoms with Gasteiger partial charge in [-0.3, -0.25) is 9.59 Å². The number of halogens is 1. The second-order valence-corrected chi connectivity index (χ2v) is 9.16. The first-order chi connectivity index (χ1) is 17.4. The second-order valence-electron chi connectivity index (χ2n) is 9.16. The van der Waals surface area contributed by atoms with E-state index in [2.05, 4.69) is 19.2 Å². The van der Waals surface area contributed by atoms with Crippen LogP contribution >= 0.6 is 0 Å². The molecule has 0 fully saturated rings. The number of hydrogen-bond donors (Lipinski definition) is 1. The third kappa shape index (κ3) is 7.94. The lowest BCUT2D eigenvalue weighted by Gasteiger charge is -2.31. The topological polar surface area (TPSA) is 58.6 Å². The van der Waals surface area contributed by atoms with E-state index in [1.807, 2.05) is 61.5 Å². The van der Waals surface area contributed by atoms with Crippen LogP contribution in [0.2, 0.25) is 0 Å². The van der Waals surface area contributed by atoms with Crippen LogP contribution in [-0.4, -0.2) is 35.9 Å². The van der Waals surface area contributed by atoms with Crippen LogP contribution in [0.4, 0.5) is 4.39 Å². The van der Waals surface area contributed by atoms with Gasteiger partial charge in [-0.1, -0.05) is 75.4 Å². The maximum absolute atomic E-state index is 13.5. The van der Waals surface area contributed by atoms with Crippen LogP contribution in [0.3, 0.4) is 0 Å². The van der Waals surface area contributed by atoms with Gasteiger partial charge in [0.1, 0.15) is 17.6 Å². The normalized spacial score (nSPS) is 11.7. The Morgan fingerprint density at radius 1 is 0.917 bits per heavy atom. The van der Waals surface area contributed by atoms with E-state index in [1.165, 1.54) is 22.6 Å². The van der Waals surface area contributed by atoms with Crippen molar-refractivity contribution in [1.29, 1.82) is 0 Å². The predicted molar refractivity (Wildman–Crippen MR) is 140 cm³/mol. The molecule has 0 radical (unpaired) electrons. The number of carbonyl (C=O) groups excluding carboxylic acids is 2. The first-order valence-electron chi connectivity index (χ1n) is 12.5. The van der Waals surface area contributed by atoms with Crippen LogP contribution in [-0.2, 0) is 22.6 Å². The average molecular weight is 491 g/mol. The van der Waals surface area contributed by atoms with Gasteiger partial charge >= 0.3 is 0 Å². The second kappa shape index (κ2) is 13.4. The molecular formula is C30H35FN2O3. The average Bonchev–Trinajstić information content (AvgIpc) is 2.89. The highest BCUT2D eigenvalue weighted by Crippen LogP contribution is 2.20. The molecule has 1 unspecified atom stereocenters. The number of amides is 2. The van der Waals surface area contributed by atoms with Gasteiger partial charge in [0, 0.05) is 19.5 Å². The Balaban J connectivity index is 1.85. The molecular weight excluding hydrogens is 455 g/mol. The fraction of sp³-hybridized carbons (Fsp3) is 0.333. The molecule has 2 amide bonds. The number of nitrogens with one attached hydrogen (secondary N) is 1. The lowest BCUT2D eigenvalue weighted by Crippen LogP contribution is -2.51. The predicted octanol–water partition coefficient (Wildman–Crippen LogP) is 5.49. The Morgan fingerprint density at radius 2 is 1.58 bits per heavy atom. The van der Waals surface area contributed by atoms with E-state index < -0.39 is 6.04 Å². The van der Waals surface area contributed by atoms with E-state index in [0.717, 1.165) is 17.5 Å². The van der Waals surface area contributed by atoms with Gasteiger partial charge in [-0.25, -0.2) is 4.39 Å². The Kier molecular flexibility index (Phi) is 10.0. The molecule has 0 spiro atoms. The van der Waals surface area contributed by atoms with Gasteiger partial charge in [-0.15, -0.1) is 0 Å². The number of nitrogens with zero attached hydrogens (tertiary/aromatic N) is 1. The highest BCUT2D eigenvalue weighted by molar-refractivity contribution is 5.88. The van der Waals surface area contributed by atoms with Crippen molar-refractivity contribution in [3.05, 3.63) is 101 Å². The number of carbonyl (C=O) groups is 2. The zero-order chi connectivity index (χ0) is 25.9. The molecule has 3 aromatic rings. The molecule has 3 aromatic carbocycles. The summed E-state index contributed by atoms with van der Waals surface area (Å²) in [5.41, 5.74) is 2.85. The van der Waals surface area contributed by atoms with E-state index in [-0.39, 0.29) is 30.8 Å². The Bertz CT molecular complexity index is 1100. The Morgan fingerprint density at radius 3 is 2.19 bits per heavy atom. The summed E-state index contributed by atoms with van der Waals surface area (Å²) >= 11 is 0. The third-order valence-corrected chi connectivity index (χ3v) is 6.00. The van der Waals surface area contributed by atoms with Crippen molar-refractivity contribution in [3.63, 3.8) is 0 Å². The van der Waals surface area contributed by atoms with E-state index in [4.69, 9.17) is 4.74 Å². The quantitative estimate of drug-likeness (QED) is 0.365. The fourth-order valence-corrected chi connectivity index (χ4v) is 3.88. The molecule has 3 rings (SSSR count). The SMILES string of the molecule is CCCNC(=O)C(Cc1ccccc1)N(Cc1ccc(F)cc1)C(=O)COc1ccc(C(C)C)cc1. The molecule has 1 N–H and O–H groups in total. The smallest absolute Gasteiger partial charge is 0.261 e. The molecule has 6 heteroatoms. The summed E-state index contributed by atoms with van der Waals surface area (Å²) in [6, 6.07) is 22.5. The molecule has 0 heterocycles. The molecule has 0 aliphatic carbocycles. The minimum atomic E-state index is -0.747. The van der Waals surface area contributed by atoms with Crippen molar-refractivity contribution < 1.29 is 18.7 Å². The summed E-state index contributed by atoms with van der Waals surface area (Å²) in [7, 11) is 0. The summed E-state index contributed by atoms with van der Waals surface area (Å²) in [5.74, 6) is 0.0837. The lowest BCUT2D eigenvalue weighted by molar-refractivity contribution is -0.142. The molecule has 0 aliphatic rings. The molecule has 1 atom stereocenters. The van der Waals surface area contributed by atoms with Gasteiger partial charge in [-0.2, -0.15) is 0 Å². The molecule has 190 valence electrons. The van der Waals surface area contributed by atoms with Crippen molar-refractivity contribution >= 4 is 11.8 Å². The first-order valence-corrected chi connectivity index (χ1v) is 12.5. The van der Waals surface area contributed by atoms with Gasteiger partial charge in [-0.05, 0) is 53.3 Å². The highest BCUT2D eigenvalue weighted by atomic mass is 19.1. The van der Waals surface area contributed by atoms with Gasteiger partial charge in [0.2, 0.25) is 5.91 Å². The number of ether oxygens (including phenoxy) is 1. The van der Waals surface area contributed by atoms with Gasteiger partial charge < -0.3 is 15.0 Å². The summed E-state index contributed by atoms with van der Waals surface area (Å²) in [4.78, 5) is 28.3. The van der Waals surface area contributed by atoms with Crippen molar-refractivity contribution in [2.24, 2.45) is 0 Å². The van der Waals surface area contributed by atoms with Crippen molar-refractivity contribution in [2.75, 3.05) is 13.2 Å². The zero-order valence-electron chi connectivity index (χ0n) is 21.2. The molecule has 0 saturated heterocycles. The Hall–Kier alpha value is -3.67. The molecule has 0 saturated carbocycles.